The number of hydrogen-bond acceptors (Lipinski definition) is 3. The van der Waals surface area contributed by atoms with Gasteiger partial charge in [0, 0.05) is 0 Å². The van der Waals surface area contributed by atoms with Gasteiger partial charge in [-0.15, -0.1) is 11.8 Å². The van der Waals surface area contributed by atoms with Crippen LogP contribution in [0.1, 0.15) is 234 Å². The topological polar surface area (TPSA) is 47.6 Å². The lowest BCUT2D eigenvalue weighted by Crippen LogP contribution is -2.14. The first-order valence-electron chi connectivity index (χ1n) is 24.9. The lowest BCUT2D eigenvalue weighted by Gasteiger charge is -2.31. The van der Waals surface area contributed by atoms with Gasteiger partial charge < -0.3 is 0 Å². The fourth-order valence-corrected chi connectivity index (χ4v) is 12.2. The van der Waals surface area contributed by atoms with E-state index in [9.17, 15) is 10.5 Å². The van der Waals surface area contributed by atoms with Gasteiger partial charge in [-0.2, -0.15) is 10.5 Å². The maximum absolute atomic E-state index is 10.9. The van der Waals surface area contributed by atoms with Crippen molar-refractivity contribution in [2.45, 2.75) is 191 Å². The Morgan fingerprint density at radius 2 is 0.852 bits per heavy atom. The zero-order chi connectivity index (χ0) is 42.8. The summed E-state index contributed by atoms with van der Waals surface area (Å²) in [6, 6.07) is 37.3. The minimum atomic E-state index is -0.0858. The van der Waals surface area contributed by atoms with Gasteiger partial charge in [0.2, 0.25) is 0 Å². The van der Waals surface area contributed by atoms with E-state index in [4.69, 9.17) is 0 Å². The Balaban J connectivity index is 1.27. The summed E-state index contributed by atoms with van der Waals surface area (Å²) < 4.78 is 0. The van der Waals surface area contributed by atoms with E-state index in [0.717, 1.165) is 46.9 Å². The highest BCUT2D eigenvalue weighted by atomic mass is 32.2. The largest absolute Gasteiger partial charge is 0.192 e. The first kappa shape index (κ1) is 46.7. The van der Waals surface area contributed by atoms with Gasteiger partial charge in [-0.25, -0.2) is 0 Å². The van der Waals surface area contributed by atoms with E-state index in [0.29, 0.717) is 11.8 Å². The van der Waals surface area contributed by atoms with Crippen molar-refractivity contribution in [3.63, 3.8) is 0 Å². The molecule has 0 saturated heterocycles. The summed E-state index contributed by atoms with van der Waals surface area (Å²) in [6.07, 6.45) is 28.5. The van der Waals surface area contributed by atoms with Gasteiger partial charge in [0.25, 0.3) is 0 Å². The highest BCUT2D eigenvalue weighted by molar-refractivity contribution is 8.00. The van der Waals surface area contributed by atoms with Crippen LogP contribution in [0, 0.1) is 34.5 Å². The predicted octanol–water partition coefficient (Wildman–Crippen LogP) is 17.4. The van der Waals surface area contributed by atoms with Crippen molar-refractivity contribution in [1.82, 2.24) is 0 Å². The van der Waals surface area contributed by atoms with Crippen LogP contribution in [0.2, 0.25) is 0 Å². The van der Waals surface area contributed by atoms with Gasteiger partial charge in [0.15, 0.2) is 0 Å². The zero-order valence-electron chi connectivity index (χ0n) is 38.4. The van der Waals surface area contributed by atoms with Crippen LogP contribution >= 0.6 is 11.8 Å². The number of thioether (sulfide) groups is 1. The van der Waals surface area contributed by atoms with Crippen molar-refractivity contribution in [2.75, 3.05) is 0 Å². The molecule has 0 aliphatic heterocycles. The Labute approximate surface area is 376 Å². The smallest absolute Gasteiger partial charge is 0.0995 e. The standard InChI is InChI=1S/C58H76N2S/c1-5-9-11-13-15-17-45-23-27-47(28-24-45)51-35-37-55(53(39-51)41-59)57(49-31-19-43(7-3)20-32-49)61-58(50-33-21-44(8-4)22-34-50)56-38-36-52(40-54(56)42-60)48-29-25-46(26-30-48)18-16-14-12-10-6-2/h19-22,31-40,45-48,57-58H,5-18,23-30H2,1-4H3. The quantitative estimate of drug-likeness (QED) is 0.0741. The second-order valence-electron chi connectivity index (χ2n) is 18.8. The van der Waals surface area contributed by atoms with E-state index in [2.05, 4.69) is 125 Å². The molecule has 0 spiro atoms. The van der Waals surface area contributed by atoms with E-state index in [1.807, 2.05) is 11.8 Å². The summed E-state index contributed by atoms with van der Waals surface area (Å²) in [4.78, 5) is 0. The molecular weight excluding hydrogens is 757 g/mol. The third-order valence-electron chi connectivity index (χ3n) is 14.7. The monoisotopic (exact) mass is 833 g/mol. The molecule has 4 aromatic carbocycles. The lowest BCUT2D eigenvalue weighted by atomic mass is 9.76. The molecule has 6 rings (SSSR count). The van der Waals surface area contributed by atoms with Crippen molar-refractivity contribution in [2.24, 2.45) is 11.8 Å². The average Bonchev–Trinajstić information content (AvgIpc) is 3.32. The first-order valence-corrected chi connectivity index (χ1v) is 25.8. The van der Waals surface area contributed by atoms with Gasteiger partial charge in [0.1, 0.15) is 0 Å². The number of aryl methyl sites for hydroxylation is 2. The van der Waals surface area contributed by atoms with E-state index in [1.54, 1.807) is 0 Å². The fraction of sp³-hybridized carbons (Fsp3) is 0.552. The summed E-state index contributed by atoms with van der Waals surface area (Å²) in [5, 5.41) is 21.6. The number of nitrogens with zero attached hydrogens (tertiary/aromatic N) is 2. The van der Waals surface area contributed by atoms with Gasteiger partial charge in [-0.05, 0) is 145 Å². The number of nitriles is 2. The van der Waals surface area contributed by atoms with Crippen LogP contribution in [0.25, 0.3) is 0 Å². The van der Waals surface area contributed by atoms with E-state index in [1.165, 1.54) is 162 Å². The normalized spacial score (nSPS) is 20.1. The number of rotatable bonds is 22. The summed E-state index contributed by atoms with van der Waals surface area (Å²) in [5.41, 5.74) is 11.5. The van der Waals surface area contributed by atoms with Crippen LogP contribution in [0.15, 0.2) is 84.9 Å². The first-order chi connectivity index (χ1) is 30.0. The van der Waals surface area contributed by atoms with Crippen molar-refractivity contribution < 1.29 is 0 Å². The lowest BCUT2D eigenvalue weighted by molar-refractivity contribution is 0.302. The zero-order valence-corrected chi connectivity index (χ0v) is 39.2. The molecule has 4 aromatic rings. The van der Waals surface area contributed by atoms with Crippen LogP contribution in [-0.2, 0) is 12.8 Å². The Morgan fingerprint density at radius 1 is 0.475 bits per heavy atom. The third-order valence-corrected chi connectivity index (χ3v) is 16.3. The van der Waals surface area contributed by atoms with Crippen molar-refractivity contribution >= 4 is 11.8 Å². The average molecular weight is 833 g/mol. The molecule has 0 amide bonds. The van der Waals surface area contributed by atoms with Gasteiger partial charge in [-0.1, -0.05) is 178 Å². The SMILES string of the molecule is CCCCCCCC1CCC(c2ccc(C(SC(c3ccc(CC)cc3)c3ccc(C4CCC(CCCCCCC)CC4)cc3C#N)c3ccc(CC)cc3)c(C#N)c2)CC1. The van der Waals surface area contributed by atoms with Crippen LogP contribution in [-0.4, -0.2) is 0 Å². The van der Waals surface area contributed by atoms with Gasteiger partial charge >= 0.3 is 0 Å². The summed E-state index contributed by atoms with van der Waals surface area (Å²) in [5.74, 6) is 2.78. The maximum Gasteiger partial charge on any atom is 0.0995 e. The second kappa shape index (κ2) is 24.7. The Kier molecular flexibility index (Phi) is 18.9. The van der Waals surface area contributed by atoms with Crippen LogP contribution < -0.4 is 0 Å². The van der Waals surface area contributed by atoms with Crippen LogP contribution in [0.3, 0.4) is 0 Å². The van der Waals surface area contributed by atoms with Gasteiger partial charge in [-0.3, -0.25) is 0 Å². The predicted molar refractivity (Wildman–Crippen MR) is 261 cm³/mol. The van der Waals surface area contributed by atoms with Crippen molar-refractivity contribution in [3.8, 4) is 12.1 Å². The molecule has 0 N–H and O–H groups in total. The van der Waals surface area contributed by atoms with Gasteiger partial charge in [0.05, 0.1) is 33.8 Å². The third kappa shape index (κ3) is 13.1. The molecule has 61 heavy (non-hydrogen) atoms. The summed E-state index contributed by atoms with van der Waals surface area (Å²) >= 11 is 1.89. The minimum absolute atomic E-state index is 0.0858. The fourth-order valence-electron chi connectivity index (χ4n) is 10.6. The van der Waals surface area contributed by atoms with E-state index < -0.39 is 0 Å². The molecule has 2 nitrogen and oxygen atoms in total. The van der Waals surface area contributed by atoms with E-state index >= 15 is 0 Å². The molecular formula is C58H76N2S. The molecule has 2 unspecified atom stereocenters. The molecule has 0 radical (unpaired) electrons. The van der Waals surface area contributed by atoms with Crippen LogP contribution in [0.4, 0.5) is 0 Å². The summed E-state index contributed by atoms with van der Waals surface area (Å²) in [7, 11) is 0. The minimum Gasteiger partial charge on any atom is -0.192 e. The molecule has 2 aliphatic carbocycles. The molecule has 0 aromatic heterocycles. The van der Waals surface area contributed by atoms with E-state index in [-0.39, 0.29) is 10.5 Å². The highest BCUT2D eigenvalue weighted by Crippen LogP contribution is 2.50. The number of hydrogen-bond donors (Lipinski definition) is 0. The molecule has 2 atom stereocenters. The summed E-state index contributed by atoms with van der Waals surface area (Å²) in [6.45, 7) is 9.00. The second-order valence-corrected chi connectivity index (χ2v) is 20.1. The molecule has 324 valence electrons. The Morgan fingerprint density at radius 3 is 1.20 bits per heavy atom. The molecule has 2 aliphatic rings. The van der Waals surface area contributed by atoms with Crippen LogP contribution in [0.5, 0.6) is 0 Å². The molecule has 3 heteroatoms. The molecule has 0 heterocycles. The van der Waals surface area contributed by atoms with Crippen molar-refractivity contribution in [3.05, 3.63) is 141 Å². The molecule has 0 bridgehead atoms. The Hall–Kier alpha value is -3.79. The number of benzene rings is 4. The molecule has 2 saturated carbocycles. The number of unbranched alkanes of at least 4 members (excludes halogenated alkanes) is 8. The molecule has 2 fully saturated rings. The van der Waals surface area contributed by atoms with Crippen molar-refractivity contribution in [1.29, 1.82) is 10.5 Å². The highest BCUT2D eigenvalue weighted by Gasteiger charge is 2.30. The maximum atomic E-state index is 10.9. The Bertz CT molecular complexity index is 1840.